The third-order valence-electron chi connectivity index (χ3n) is 10.4. The molecular weight excluding hydrogens is 380 g/mol. The van der Waals surface area contributed by atoms with E-state index in [2.05, 4.69) is 63.3 Å². The Bertz CT molecular complexity index is 885. The summed E-state index contributed by atoms with van der Waals surface area (Å²) in [5.74, 6) is 3.82. The first kappa shape index (κ1) is 21.2. The largest absolute Gasteiger partial charge is 0.300 e. The Morgan fingerprint density at radius 3 is 2.45 bits per heavy atom. The lowest BCUT2D eigenvalue weighted by Crippen LogP contribution is -2.56. The predicted molar refractivity (Wildman–Crippen MR) is 125 cm³/mol. The second kappa shape index (κ2) is 7.71. The van der Waals surface area contributed by atoms with Crippen molar-refractivity contribution in [2.75, 3.05) is 0 Å². The van der Waals surface area contributed by atoms with Crippen molar-refractivity contribution in [3.63, 3.8) is 0 Å². The summed E-state index contributed by atoms with van der Waals surface area (Å²) in [5, 5.41) is 0. The molecule has 0 heterocycles. The van der Waals surface area contributed by atoms with Crippen molar-refractivity contribution >= 4 is 17.6 Å². The molecule has 0 spiro atoms. The number of rotatable bonds is 3. The van der Waals surface area contributed by atoms with Gasteiger partial charge in [0.15, 0.2) is 0 Å². The minimum Gasteiger partial charge on any atom is -0.300 e. The van der Waals surface area contributed by atoms with E-state index in [9.17, 15) is 9.59 Å². The second-order valence-corrected chi connectivity index (χ2v) is 11.7. The van der Waals surface area contributed by atoms with Gasteiger partial charge >= 0.3 is 0 Å². The Labute approximate surface area is 187 Å². The van der Waals surface area contributed by atoms with Crippen molar-refractivity contribution in [1.29, 1.82) is 0 Å². The highest BCUT2D eigenvalue weighted by Crippen LogP contribution is 2.67. The van der Waals surface area contributed by atoms with Crippen LogP contribution in [0.4, 0.5) is 0 Å². The van der Waals surface area contributed by atoms with Crippen molar-refractivity contribution in [3.05, 3.63) is 42.0 Å². The highest BCUT2D eigenvalue weighted by molar-refractivity contribution is 5.90. The number of Topliss-reactive ketones (excluding diaryl/α,β-unsaturated/α-hetero) is 2. The molecule has 4 aliphatic rings. The van der Waals surface area contributed by atoms with Gasteiger partial charge in [-0.25, -0.2) is 0 Å². The van der Waals surface area contributed by atoms with Crippen LogP contribution in [0.1, 0.15) is 77.7 Å². The minimum atomic E-state index is 0.00397. The fraction of sp³-hybridized carbons (Fsp3) is 0.655. The van der Waals surface area contributed by atoms with E-state index in [1.165, 1.54) is 31.2 Å². The van der Waals surface area contributed by atoms with Crippen molar-refractivity contribution in [2.24, 2.45) is 46.3 Å². The third kappa shape index (κ3) is 3.36. The molecular formula is C29H38O2. The van der Waals surface area contributed by atoms with Crippen molar-refractivity contribution in [3.8, 4) is 0 Å². The molecule has 1 aromatic rings. The number of carbonyl (C=O) groups is 2. The highest BCUT2D eigenvalue weighted by Gasteiger charge is 2.62. The predicted octanol–water partition coefficient (Wildman–Crippen LogP) is 6.74. The Morgan fingerprint density at radius 2 is 1.68 bits per heavy atom. The van der Waals surface area contributed by atoms with Crippen LogP contribution in [0.5, 0.6) is 0 Å². The lowest BCUT2D eigenvalue weighted by molar-refractivity contribution is -0.158. The number of hydrogen-bond donors (Lipinski definition) is 0. The number of benzene rings is 1. The smallest absolute Gasteiger partial charge is 0.137 e. The molecule has 1 aromatic carbocycles. The number of ketones is 2. The Morgan fingerprint density at radius 1 is 0.935 bits per heavy atom. The zero-order chi connectivity index (χ0) is 21.8. The average molecular weight is 419 g/mol. The van der Waals surface area contributed by atoms with Crippen molar-refractivity contribution in [1.82, 2.24) is 0 Å². The molecule has 0 unspecified atom stereocenters. The average Bonchev–Trinajstić information content (AvgIpc) is 3.12. The van der Waals surface area contributed by atoms with Gasteiger partial charge in [-0.1, -0.05) is 63.3 Å². The van der Waals surface area contributed by atoms with Gasteiger partial charge < -0.3 is 0 Å². The molecule has 0 saturated heterocycles. The summed E-state index contributed by atoms with van der Waals surface area (Å²) in [7, 11) is 0. The molecule has 0 amide bonds. The summed E-state index contributed by atoms with van der Waals surface area (Å²) < 4.78 is 0. The minimum absolute atomic E-state index is 0.00397. The Hall–Kier alpha value is -1.70. The monoisotopic (exact) mass is 418 g/mol. The molecule has 0 bridgehead atoms. The van der Waals surface area contributed by atoms with Gasteiger partial charge in [-0.05, 0) is 78.1 Å². The van der Waals surface area contributed by atoms with E-state index in [0.29, 0.717) is 59.4 Å². The molecule has 5 rings (SSSR count). The zero-order valence-corrected chi connectivity index (χ0v) is 19.5. The maximum Gasteiger partial charge on any atom is 0.137 e. The SMILES string of the molecule is C[C@H](/C=C/c1ccccc1)[C@H]1CC[C@H]2[C@@H]3CC(=O)[C@@H]4CC(=O)CC[C@]4(C)[C@H]3CC[C@]12C. The molecule has 166 valence electrons. The third-order valence-corrected chi connectivity index (χ3v) is 10.4. The normalized spacial score (nSPS) is 43.4. The van der Waals surface area contributed by atoms with Crippen LogP contribution in [0.25, 0.3) is 6.08 Å². The standard InChI is InChI=1S/C29H38O2/c1-19(9-10-20-7-5-4-6-8-20)23-11-12-24-22-18-27(31)26-17-21(30)13-15-29(26,3)25(22)14-16-28(23,24)2/h4-10,19,22-26H,11-18H2,1-3H3/b10-9+/t19-,22+,23-,24+,25+,26+,28-,29-/m1/s1. The first-order chi connectivity index (χ1) is 14.8. The van der Waals surface area contributed by atoms with Crippen LogP contribution in [-0.2, 0) is 9.59 Å². The molecule has 0 radical (unpaired) electrons. The van der Waals surface area contributed by atoms with Crippen LogP contribution >= 0.6 is 0 Å². The summed E-state index contributed by atoms with van der Waals surface area (Å²) in [4.78, 5) is 25.4. The zero-order valence-electron chi connectivity index (χ0n) is 19.5. The molecule has 8 atom stereocenters. The molecule has 2 heteroatoms. The van der Waals surface area contributed by atoms with E-state index in [0.717, 1.165) is 12.8 Å². The van der Waals surface area contributed by atoms with E-state index in [1.807, 2.05) is 0 Å². The molecule has 4 saturated carbocycles. The Balaban J connectivity index is 1.37. The van der Waals surface area contributed by atoms with Crippen molar-refractivity contribution < 1.29 is 9.59 Å². The lowest BCUT2D eigenvalue weighted by Gasteiger charge is -2.59. The summed E-state index contributed by atoms with van der Waals surface area (Å²) in [5.41, 5.74) is 1.68. The fourth-order valence-corrected chi connectivity index (χ4v) is 8.70. The molecule has 31 heavy (non-hydrogen) atoms. The van der Waals surface area contributed by atoms with Gasteiger partial charge in [-0.2, -0.15) is 0 Å². The van der Waals surface area contributed by atoms with E-state index in [1.54, 1.807) is 0 Å². The quantitative estimate of drug-likeness (QED) is 0.544. The topological polar surface area (TPSA) is 34.1 Å². The fourth-order valence-electron chi connectivity index (χ4n) is 8.70. The lowest BCUT2D eigenvalue weighted by atomic mass is 9.44. The van der Waals surface area contributed by atoms with E-state index in [4.69, 9.17) is 0 Å². The molecule has 0 aromatic heterocycles. The van der Waals surface area contributed by atoms with Gasteiger partial charge in [0.1, 0.15) is 11.6 Å². The van der Waals surface area contributed by atoms with Gasteiger partial charge in [0.2, 0.25) is 0 Å². The number of carbonyl (C=O) groups excluding carboxylic acids is 2. The van der Waals surface area contributed by atoms with Crippen LogP contribution in [0.3, 0.4) is 0 Å². The molecule has 2 nitrogen and oxygen atoms in total. The number of fused-ring (bicyclic) bond motifs is 5. The maximum absolute atomic E-state index is 13.2. The highest BCUT2D eigenvalue weighted by atomic mass is 16.1. The number of hydrogen-bond acceptors (Lipinski definition) is 2. The first-order valence-corrected chi connectivity index (χ1v) is 12.6. The van der Waals surface area contributed by atoms with Gasteiger partial charge in [-0.3, -0.25) is 9.59 Å². The van der Waals surface area contributed by atoms with Gasteiger partial charge in [0.25, 0.3) is 0 Å². The van der Waals surface area contributed by atoms with Crippen LogP contribution in [-0.4, -0.2) is 11.6 Å². The molecule has 4 aliphatic carbocycles. The van der Waals surface area contributed by atoms with E-state index in [-0.39, 0.29) is 11.3 Å². The van der Waals surface area contributed by atoms with Gasteiger partial charge in [0, 0.05) is 25.2 Å². The van der Waals surface area contributed by atoms with Gasteiger partial charge in [0.05, 0.1) is 0 Å². The maximum atomic E-state index is 13.2. The summed E-state index contributed by atoms with van der Waals surface area (Å²) in [6.45, 7) is 7.31. The molecule has 0 aliphatic heterocycles. The van der Waals surface area contributed by atoms with E-state index < -0.39 is 0 Å². The summed E-state index contributed by atoms with van der Waals surface area (Å²) in [6.07, 6.45) is 12.7. The van der Waals surface area contributed by atoms with E-state index >= 15 is 0 Å². The van der Waals surface area contributed by atoms with Crippen LogP contribution < -0.4 is 0 Å². The van der Waals surface area contributed by atoms with Crippen LogP contribution in [0.2, 0.25) is 0 Å². The van der Waals surface area contributed by atoms with Gasteiger partial charge in [-0.15, -0.1) is 0 Å². The van der Waals surface area contributed by atoms with Crippen LogP contribution in [0, 0.1) is 46.3 Å². The summed E-state index contributed by atoms with van der Waals surface area (Å²) >= 11 is 0. The summed E-state index contributed by atoms with van der Waals surface area (Å²) in [6, 6.07) is 10.6. The van der Waals surface area contributed by atoms with Crippen LogP contribution in [0.15, 0.2) is 36.4 Å². The number of allylic oxidation sites excluding steroid dienone is 1. The molecule has 4 fully saturated rings. The second-order valence-electron chi connectivity index (χ2n) is 11.7. The first-order valence-electron chi connectivity index (χ1n) is 12.6. The molecule has 0 N–H and O–H groups in total. The Kier molecular flexibility index (Phi) is 5.26. The van der Waals surface area contributed by atoms with Crippen molar-refractivity contribution in [2.45, 2.75) is 72.1 Å².